The van der Waals surface area contributed by atoms with E-state index < -0.39 is 22.9 Å². The first kappa shape index (κ1) is 24.6. The van der Waals surface area contributed by atoms with Gasteiger partial charge in [0.15, 0.2) is 0 Å². The summed E-state index contributed by atoms with van der Waals surface area (Å²) >= 11 is 0. The minimum absolute atomic E-state index is 0.0266. The first-order valence-electron chi connectivity index (χ1n) is 11.3. The van der Waals surface area contributed by atoms with Crippen LogP contribution >= 0.6 is 0 Å². The second kappa shape index (κ2) is 10.3. The van der Waals surface area contributed by atoms with Crippen LogP contribution in [0.3, 0.4) is 0 Å². The molecule has 0 spiro atoms. The predicted octanol–water partition coefficient (Wildman–Crippen LogP) is 4.34. The van der Waals surface area contributed by atoms with Gasteiger partial charge in [-0.3, -0.25) is 9.59 Å². The van der Waals surface area contributed by atoms with Gasteiger partial charge in [-0.15, -0.1) is 0 Å². The quantitative estimate of drug-likeness (QED) is 0.419. The molecule has 6 nitrogen and oxygen atoms in total. The number of likely N-dealkylation sites (tertiary alicyclic amines) is 1. The molecule has 0 radical (unpaired) electrons. The number of benzene rings is 2. The molecule has 1 heterocycles. The molecule has 1 aliphatic heterocycles. The van der Waals surface area contributed by atoms with Crippen LogP contribution < -0.4 is 0 Å². The van der Waals surface area contributed by atoms with Crippen LogP contribution in [0.1, 0.15) is 51.3 Å². The third-order valence-corrected chi connectivity index (χ3v) is 6.10. The van der Waals surface area contributed by atoms with Gasteiger partial charge < -0.3 is 19.2 Å². The molecule has 2 aromatic carbocycles. The van der Waals surface area contributed by atoms with Gasteiger partial charge in [0.05, 0.1) is 25.2 Å². The number of hydrogen-bond donors (Lipinski definition) is 0. The van der Waals surface area contributed by atoms with Crippen molar-refractivity contribution in [1.82, 2.24) is 4.90 Å². The molecule has 0 aromatic heterocycles. The number of amides is 1. The van der Waals surface area contributed by atoms with Crippen molar-refractivity contribution in [3.8, 4) is 0 Å². The number of ether oxygens (including phenoxy) is 2. The lowest BCUT2D eigenvalue weighted by Gasteiger charge is -2.33. The van der Waals surface area contributed by atoms with E-state index >= 15 is 0 Å². The topological polar surface area (TPSA) is 72.9 Å². The second-order valence-electron chi connectivity index (χ2n) is 9.63. The molecule has 0 unspecified atom stereocenters. The minimum Gasteiger partial charge on any atom is -0.459 e. The number of esters is 1. The van der Waals surface area contributed by atoms with E-state index in [-0.39, 0.29) is 31.5 Å². The van der Waals surface area contributed by atoms with Crippen molar-refractivity contribution in [3.05, 3.63) is 71.8 Å². The standard InChI is InChI=1S/C27H33NO5/c1-20(22-13-9-6-10-14-22)28-19-27(15-16-29,25(31)33-26(2,3)4)23(24(28)30)18-32-17-21-11-7-5-8-12-21/h5-14,16,20,23H,15,17-19H2,1-4H3/t20-,23+,27-/m1/s1. The fourth-order valence-electron chi connectivity index (χ4n) is 4.29. The van der Waals surface area contributed by atoms with Crippen LogP contribution in [0.15, 0.2) is 60.7 Å². The summed E-state index contributed by atoms with van der Waals surface area (Å²) < 4.78 is 11.6. The van der Waals surface area contributed by atoms with Crippen molar-refractivity contribution in [2.75, 3.05) is 13.2 Å². The summed E-state index contributed by atoms with van der Waals surface area (Å²) in [5.74, 6) is -1.55. The molecule has 3 rings (SSSR count). The van der Waals surface area contributed by atoms with Crippen LogP contribution in [0.4, 0.5) is 0 Å². The van der Waals surface area contributed by atoms with E-state index in [4.69, 9.17) is 9.47 Å². The molecule has 6 heteroatoms. The van der Waals surface area contributed by atoms with Gasteiger partial charge in [-0.05, 0) is 38.8 Å². The van der Waals surface area contributed by atoms with E-state index in [1.165, 1.54) is 0 Å². The van der Waals surface area contributed by atoms with Crippen LogP contribution in [0.5, 0.6) is 0 Å². The molecule has 0 N–H and O–H groups in total. The highest BCUT2D eigenvalue weighted by Crippen LogP contribution is 2.45. The largest absolute Gasteiger partial charge is 0.459 e. The molecule has 3 atom stereocenters. The molecule has 1 aliphatic rings. The lowest BCUT2D eigenvalue weighted by molar-refractivity contribution is -0.172. The number of carbonyl (C=O) groups is 3. The smallest absolute Gasteiger partial charge is 0.315 e. The SMILES string of the molecule is C[C@H](c1ccccc1)N1C[C@@](CC=O)(C(=O)OC(C)(C)C)[C@@H](COCc2ccccc2)C1=O. The molecule has 1 amide bonds. The van der Waals surface area contributed by atoms with E-state index in [1.807, 2.05) is 67.6 Å². The van der Waals surface area contributed by atoms with Crippen LogP contribution in [0.25, 0.3) is 0 Å². The summed E-state index contributed by atoms with van der Waals surface area (Å²) in [5.41, 5.74) is -0.118. The van der Waals surface area contributed by atoms with Crippen LogP contribution in [-0.4, -0.2) is 41.8 Å². The van der Waals surface area contributed by atoms with E-state index in [9.17, 15) is 14.4 Å². The zero-order valence-corrected chi connectivity index (χ0v) is 19.8. The third-order valence-electron chi connectivity index (χ3n) is 6.10. The zero-order valence-electron chi connectivity index (χ0n) is 19.8. The molecule has 33 heavy (non-hydrogen) atoms. The Kier molecular flexibility index (Phi) is 7.69. The van der Waals surface area contributed by atoms with Gasteiger partial charge in [-0.25, -0.2) is 0 Å². The van der Waals surface area contributed by atoms with Crippen molar-refractivity contribution in [2.24, 2.45) is 11.3 Å². The molecule has 0 bridgehead atoms. The van der Waals surface area contributed by atoms with Gasteiger partial charge in [0, 0.05) is 13.0 Å². The Morgan fingerprint density at radius 2 is 1.73 bits per heavy atom. The predicted molar refractivity (Wildman–Crippen MR) is 125 cm³/mol. The highest BCUT2D eigenvalue weighted by Gasteiger charge is 2.59. The van der Waals surface area contributed by atoms with Crippen molar-refractivity contribution in [2.45, 2.75) is 52.4 Å². The number of hydrogen-bond acceptors (Lipinski definition) is 5. The Hall–Kier alpha value is -2.99. The molecule has 0 aliphatic carbocycles. The van der Waals surface area contributed by atoms with Gasteiger partial charge in [0.1, 0.15) is 17.3 Å². The van der Waals surface area contributed by atoms with E-state index in [0.29, 0.717) is 12.9 Å². The minimum atomic E-state index is -1.30. The average molecular weight is 452 g/mol. The summed E-state index contributed by atoms with van der Waals surface area (Å²) in [6.07, 6.45) is 0.600. The summed E-state index contributed by atoms with van der Waals surface area (Å²) in [5, 5.41) is 0. The van der Waals surface area contributed by atoms with Gasteiger partial charge in [0.2, 0.25) is 5.91 Å². The lowest BCUT2D eigenvalue weighted by atomic mass is 9.75. The zero-order chi connectivity index (χ0) is 24.1. The fourth-order valence-corrected chi connectivity index (χ4v) is 4.29. The second-order valence-corrected chi connectivity index (χ2v) is 9.63. The van der Waals surface area contributed by atoms with Gasteiger partial charge in [-0.1, -0.05) is 60.7 Å². The molecule has 1 fully saturated rings. The Labute approximate surface area is 195 Å². The van der Waals surface area contributed by atoms with Crippen LogP contribution in [0.2, 0.25) is 0 Å². The maximum atomic E-state index is 13.6. The maximum absolute atomic E-state index is 13.6. The van der Waals surface area contributed by atoms with E-state index in [2.05, 4.69) is 0 Å². The first-order valence-corrected chi connectivity index (χ1v) is 11.3. The number of aldehydes is 1. The van der Waals surface area contributed by atoms with Gasteiger partial charge >= 0.3 is 5.97 Å². The molecular formula is C27H33NO5. The summed E-state index contributed by atoms with van der Waals surface area (Å²) in [4.78, 5) is 40.5. The third kappa shape index (κ3) is 5.69. The number of rotatable bonds is 9. The monoisotopic (exact) mass is 451 g/mol. The van der Waals surface area contributed by atoms with E-state index in [0.717, 1.165) is 11.1 Å². The average Bonchev–Trinajstić information content (AvgIpc) is 3.06. The maximum Gasteiger partial charge on any atom is 0.315 e. The van der Waals surface area contributed by atoms with Crippen molar-refractivity contribution < 1.29 is 23.9 Å². The Morgan fingerprint density at radius 1 is 1.12 bits per heavy atom. The molecular weight excluding hydrogens is 418 g/mol. The first-order chi connectivity index (χ1) is 15.7. The normalized spacial score (nSPS) is 21.6. The van der Waals surface area contributed by atoms with Gasteiger partial charge in [-0.2, -0.15) is 0 Å². The number of carbonyl (C=O) groups excluding carboxylic acids is 3. The Morgan fingerprint density at radius 3 is 2.30 bits per heavy atom. The molecule has 1 saturated heterocycles. The molecule has 0 saturated carbocycles. The van der Waals surface area contributed by atoms with Crippen molar-refractivity contribution in [1.29, 1.82) is 0 Å². The van der Waals surface area contributed by atoms with Crippen LogP contribution in [0, 0.1) is 11.3 Å². The highest BCUT2D eigenvalue weighted by molar-refractivity contribution is 5.94. The highest BCUT2D eigenvalue weighted by atomic mass is 16.6. The number of nitrogens with zero attached hydrogens (tertiary/aromatic N) is 1. The van der Waals surface area contributed by atoms with Crippen LogP contribution in [-0.2, 0) is 30.5 Å². The fraction of sp³-hybridized carbons (Fsp3) is 0.444. The molecule has 176 valence electrons. The molecule has 2 aromatic rings. The Balaban J connectivity index is 1.91. The summed E-state index contributed by atoms with van der Waals surface area (Å²) in [7, 11) is 0. The van der Waals surface area contributed by atoms with Gasteiger partial charge in [0.25, 0.3) is 0 Å². The summed E-state index contributed by atoms with van der Waals surface area (Å²) in [6, 6.07) is 19.0. The van der Waals surface area contributed by atoms with Crippen molar-refractivity contribution in [3.63, 3.8) is 0 Å². The lowest BCUT2D eigenvalue weighted by Crippen LogP contribution is -2.45. The summed E-state index contributed by atoms with van der Waals surface area (Å²) in [6.45, 7) is 7.71. The Bertz CT molecular complexity index is 953. The van der Waals surface area contributed by atoms with E-state index in [1.54, 1.807) is 25.7 Å². The van der Waals surface area contributed by atoms with Crippen molar-refractivity contribution >= 4 is 18.2 Å².